The summed E-state index contributed by atoms with van der Waals surface area (Å²) in [6.45, 7) is 2.45. The first-order chi connectivity index (χ1) is 9.54. The van der Waals surface area contributed by atoms with E-state index < -0.39 is 0 Å². The summed E-state index contributed by atoms with van der Waals surface area (Å²) in [5.41, 5.74) is 7.99. The van der Waals surface area contributed by atoms with Crippen molar-refractivity contribution < 1.29 is 9.84 Å². The van der Waals surface area contributed by atoms with Gasteiger partial charge in [0.25, 0.3) is 0 Å². The number of ether oxygens (including phenoxy) is 1. The molecule has 0 aliphatic heterocycles. The highest BCUT2D eigenvalue weighted by Crippen LogP contribution is 2.24. The molecule has 20 heavy (non-hydrogen) atoms. The van der Waals surface area contributed by atoms with Gasteiger partial charge < -0.3 is 15.6 Å². The van der Waals surface area contributed by atoms with Crippen LogP contribution in [0.2, 0.25) is 0 Å². The maximum Gasteiger partial charge on any atom is 0.120 e. The average molecular weight is 336 g/mol. The topological polar surface area (TPSA) is 55.5 Å². The van der Waals surface area contributed by atoms with Crippen molar-refractivity contribution in [1.82, 2.24) is 0 Å². The lowest BCUT2D eigenvalue weighted by atomic mass is 10.1. The number of rotatable bonds is 5. The minimum atomic E-state index is 0.110. The quantitative estimate of drug-likeness (QED) is 0.877. The van der Waals surface area contributed by atoms with Crippen LogP contribution >= 0.6 is 15.9 Å². The van der Waals surface area contributed by atoms with E-state index in [1.165, 1.54) is 0 Å². The SMILES string of the molecule is CC(N)Cc1cc(OCc2ccc(O)cc2)ccc1Br. The predicted molar refractivity (Wildman–Crippen MR) is 83.9 cm³/mol. The molecule has 2 rings (SSSR count). The Labute approximate surface area is 127 Å². The van der Waals surface area contributed by atoms with Gasteiger partial charge in [-0.05, 0) is 54.8 Å². The molecule has 3 nitrogen and oxygen atoms in total. The van der Waals surface area contributed by atoms with Crippen LogP contribution in [0.25, 0.3) is 0 Å². The molecular formula is C16H18BrNO2. The molecule has 3 N–H and O–H groups in total. The average Bonchev–Trinajstić information content (AvgIpc) is 2.41. The number of phenolic OH excluding ortho intramolecular Hbond substituents is 1. The lowest BCUT2D eigenvalue weighted by molar-refractivity contribution is 0.305. The second-order valence-electron chi connectivity index (χ2n) is 4.89. The summed E-state index contributed by atoms with van der Waals surface area (Å²) in [7, 11) is 0. The molecule has 4 heteroatoms. The fourth-order valence-corrected chi connectivity index (χ4v) is 2.31. The van der Waals surface area contributed by atoms with Gasteiger partial charge in [0.2, 0.25) is 0 Å². The predicted octanol–water partition coefficient (Wildman–Crippen LogP) is 3.62. The Morgan fingerprint density at radius 2 is 1.90 bits per heavy atom. The number of hydrogen-bond acceptors (Lipinski definition) is 3. The Kier molecular flexibility index (Phi) is 5.04. The van der Waals surface area contributed by atoms with Crippen molar-refractivity contribution in [3.8, 4) is 11.5 Å². The molecule has 0 fully saturated rings. The summed E-state index contributed by atoms with van der Waals surface area (Å²) < 4.78 is 6.81. The molecule has 2 aromatic rings. The van der Waals surface area contributed by atoms with Crippen molar-refractivity contribution in [2.75, 3.05) is 0 Å². The number of aromatic hydroxyl groups is 1. The van der Waals surface area contributed by atoms with Crippen LogP contribution in [0.15, 0.2) is 46.9 Å². The lowest BCUT2D eigenvalue weighted by Gasteiger charge is -2.11. The Morgan fingerprint density at radius 3 is 2.55 bits per heavy atom. The maximum absolute atomic E-state index is 9.23. The lowest BCUT2D eigenvalue weighted by Crippen LogP contribution is -2.18. The molecular weight excluding hydrogens is 318 g/mol. The first kappa shape index (κ1) is 14.9. The minimum Gasteiger partial charge on any atom is -0.508 e. The first-order valence-electron chi connectivity index (χ1n) is 6.49. The van der Waals surface area contributed by atoms with Crippen LogP contribution in [0, 0.1) is 0 Å². The van der Waals surface area contributed by atoms with Crippen LogP contribution in [-0.2, 0) is 13.0 Å². The third kappa shape index (κ3) is 4.25. The summed E-state index contributed by atoms with van der Waals surface area (Å²) in [5, 5.41) is 9.23. The van der Waals surface area contributed by atoms with Crippen LogP contribution < -0.4 is 10.5 Å². The third-order valence-corrected chi connectivity index (χ3v) is 3.67. The Balaban J connectivity index is 2.04. The summed E-state index contributed by atoms with van der Waals surface area (Å²) in [5.74, 6) is 1.08. The highest BCUT2D eigenvalue weighted by molar-refractivity contribution is 9.10. The van der Waals surface area contributed by atoms with Crippen LogP contribution in [-0.4, -0.2) is 11.1 Å². The molecule has 0 heterocycles. The van der Waals surface area contributed by atoms with Crippen LogP contribution in [0.5, 0.6) is 11.5 Å². The van der Waals surface area contributed by atoms with Crippen molar-refractivity contribution in [3.05, 3.63) is 58.1 Å². The molecule has 0 spiro atoms. The first-order valence-corrected chi connectivity index (χ1v) is 7.28. The molecule has 0 bridgehead atoms. The largest absolute Gasteiger partial charge is 0.508 e. The summed E-state index contributed by atoms with van der Waals surface area (Å²) in [4.78, 5) is 0. The Bertz CT molecular complexity index is 567. The van der Waals surface area contributed by atoms with Gasteiger partial charge in [-0.15, -0.1) is 0 Å². The summed E-state index contributed by atoms with van der Waals surface area (Å²) in [6, 6.07) is 13.0. The highest BCUT2D eigenvalue weighted by atomic mass is 79.9. The number of hydrogen-bond donors (Lipinski definition) is 2. The van der Waals surface area contributed by atoms with Gasteiger partial charge in [0, 0.05) is 10.5 Å². The van der Waals surface area contributed by atoms with Crippen molar-refractivity contribution in [3.63, 3.8) is 0 Å². The van der Waals surface area contributed by atoms with Gasteiger partial charge in [-0.25, -0.2) is 0 Å². The highest BCUT2D eigenvalue weighted by Gasteiger charge is 2.05. The van der Waals surface area contributed by atoms with Gasteiger partial charge in [0.15, 0.2) is 0 Å². The van der Waals surface area contributed by atoms with E-state index in [0.29, 0.717) is 6.61 Å². The fraction of sp³-hybridized carbons (Fsp3) is 0.250. The van der Waals surface area contributed by atoms with E-state index in [0.717, 1.165) is 27.8 Å². The zero-order valence-electron chi connectivity index (χ0n) is 11.3. The molecule has 0 saturated heterocycles. The van der Waals surface area contributed by atoms with Gasteiger partial charge in [-0.1, -0.05) is 28.1 Å². The molecule has 0 saturated carbocycles. The summed E-state index contributed by atoms with van der Waals surface area (Å²) >= 11 is 3.52. The molecule has 2 aromatic carbocycles. The van der Waals surface area contributed by atoms with E-state index in [-0.39, 0.29) is 11.8 Å². The molecule has 1 atom stereocenters. The minimum absolute atomic E-state index is 0.110. The third-order valence-electron chi connectivity index (χ3n) is 2.90. The summed E-state index contributed by atoms with van der Waals surface area (Å²) in [6.07, 6.45) is 0.803. The van der Waals surface area contributed by atoms with Crippen molar-refractivity contribution >= 4 is 15.9 Å². The van der Waals surface area contributed by atoms with Crippen LogP contribution in [0.4, 0.5) is 0 Å². The van der Waals surface area contributed by atoms with Gasteiger partial charge in [-0.3, -0.25) is 0 Å². The van der Waals surface area contributed by atoms with Crippen molar-refractivity contribution in [2.45, 2.75) is 26.0 Å². The number of halogens is 1. The van der Waals surface area contributed by atoms with Gasteiger partial charge >= 0.3 is 0 Å². The van der Waals surface area contributed by atoms with Crippen molar-refractivity contribution in [1.29, 1.82) is 0 Å². The van der Waals surface area contributed by atoms with Gasteiger partial charge in [-0.2, -0.15) is 0 Å². The number of nitrogens with two attached hydrogens (primary N) is 1. The second-order valence-corrected chi connectivity index (χ2v) is 5.74. The molecule has 0 aromatic heterocycles. The smallest absolute Gasteiger partial charge is 0.120 e. The van der Waals surface area contributed by atoms with Crippen LogP contribution in [0.3, 0.4) is 0 Å². The normalized spacial score (nSPS) is 12.2. The molecule has 1 unspecified atom stereocenters. The molecule has 0 aliphatic rings. The standard InChI is InChI=1S/C16H18BrNO2/c1-11(18)8-13-9-15(6-7-16(13)17)20-10-12-2-4-14(19)5-3-12/h2-7,9,11,19H,8,10,18H2,1H3. The van der Waals surface area contributed by atoms with Crippen LogP contribution in [0.1, 0.15) is 18.1 Å². The zero-order valence-corrected chi connectivity index (χ0v) is 12.9. The monoisotopic (exact) mass is 335 g/mol. The van der Waals surface area contributed by atoms with E-state index in [9.17, 15) is 5.11 Å². The Morgan fingerprint density at radius 1 is 1.20 bits per heavy atom. The second kappa shape index (κ2) is 6.77. The van der Waals surface area contributed by atoms with Crippen molar-refractivity contribution in [2.24, 2.45) is 5.73 Å². The van der Waals surface area contributed by atoms with E-state index in [1.54, 1.807) is 12.1 Å². The van der Waals surface area contributed by atoms with E-state index in [4.69, 9.17) is 10.5 Å². The fourth-order valence-electron chi connectivity index (χ4n) is 1.90. The van der Waals surface area contributed by atoms with E-state index in [1.807, 2.05) is 37.3 Å². The van der Waals surface area contributed by atoms with Gasteiger partial charge in [0.1, 0.15) is 18.1 Å². The zero-order chi connectivity index (χ0) is 14.5. The number of benzene rings is 2. The van der Waals surface area contributed by atoms with E-state index >= 15 is 0 Å². The number of phenols is 1. The maximum atomic E-state index is 9.23. The Hall–Kier alpha value is -1.52. The molecule has 0 radical (unpaired) electrons. The molecule has 0 aliphatic carbocycles. The molecule has 106 valence electrons. The van der Waals surface area contributed by atoms with E-state index in [2.05, 4.69) is 15.9 Å². The molecule has 0 amide bonds. The van der Waals surface area contributed by atoms with Gasteiger partial charge in [0.05, 0.1) is 0 Å².